The smallest absolute Gasteiger partial charge is 0.331 e. The summed E-state index contributed by atoms with van der Waals surface area (Å²) in [6.45, 7) is 2.14. The molecule has 120 valence electrons. The van der Waals surface area contributed by atoms with Crippen molar-refractivity contribution in [2.45, 2.75) is 51.9 Å². The van der Waals surface area contributed by atoms with Crippen LogP contribution in [0.15, 0.2) is 35.9 Å². The molecule has 1 aromatic carbocycles. The molecule has 1 rings (SSSR count). The Morgan fingerprint density at radius 1 is 1.09 bits per heavy atom. The lowest BCUT2D eigenvalue weighted by atomic mass is 10.0. The predicted molar refractivity (Wildman–Crippen MR) is 89.3 cm³/mol. The number of hydrogen-bond acceptors (Lipinski definition) is 2. The van der Waals surface area contributed by atoms with E-state index in [1.165, 1.54) is 12.5 Å². The Morgan fingerprint density at radius 2 is 1.73 bits per heavy atom. The quantitative estimate of drug-likeness (QED) is 0.496. The fourth-order valence-electron chi connectivity index (χ4n) is 2.21. The van der Waals surface area contributed by atoms with Crippen LogP contribution in [0.25, 0.3) is 0 Å². The van der Waals surface area contributed by atoms with Crippen molar-refractivity contribution in [3.8, 4) is 0 Å². The number of hydrogen-bond donors (Lipinski definition) is 1. The molecule has 0 aliphatic carbocycles. The molecule has 1 aromatic rings. The van der Waals surface area contributed by atoms with Gasteiger partial charge in [0.2, 0.25) is 0 Å². The van der Waals surface area contributed by atoms with Crippen molar-refractivity contribution in [3.63, 3.8) is 0 Å². The van der Waals surface area contributed by atoms with Crippen LogP contribution in [-0.2, 0) is 16.0 Å². The summed E-state index contributed by atoms with van der Waals surface area (Å²) in [7, 11) is 0. The molecule has 0 unspecified atom stereocenters. The summed E-state index contributed by atoms with van der Waals surface area (Å²) >= 11 is 5.79. The van der Waals surface area contributed by atoms with Crippen molar-refractivity contribution < 1.29 is 14.7 Å². The highest BCUT2D eigenvalue weighted by Crippen LogP contribution is 2.14. The molecule has 22 heavy (non-hydrogen) atoms. The van der Waals surface area contributed by atoms with Gasteiger partial charge in [-0.05, 0) is 36.6 Å². The second kappa shape index (κ2) is 10.2. The van der Waals surface area contributed by atoms with E-state index >= 15 is 0 Å². The Morgan fingerprint density at radius 3 is 2.32 bits per heavy atom. The number of benzene rings is 1. The summed E-state index contributed by atoms with van der Waals surface area (Å²) in [6, 6.07) is 7.00. The molecule has 0 amide bonds. The first-order valence-corrected chi connectivity index (χ1v) is 8.12. The summed E-state index contributed by atoms with van der Waals surface area (Å²) in [5, 5.41) is 9.81. The van der Waals surface area contributed by atoms with Gasteiger partial charge in [0.1, 0.15) is 0 Å². The zero-order valence-corrected chi connectivity index (χ0v) is 13.7. The summed E-state index contributed by atoms with van der Waals surface area (Å²) in [4.78, 5) is 23.2. The summed E-state index contributed by atoms with van der Waals surface area (Å²) < 4.78 is 0. The fourth-order valence-corrected chi connectivity index (χ4v) is 2.33. The Hall–Kier alpha value is -1.61. The highest BCUT2D eigenvalue weighted by Gasteiger charge is 2.10. The standard InChI is InChI=1S/C18H23ClO3/c1-2-3-4-5-6-7-15(18(21)22)13-17(20)12-14-8-10-16(19)11-9-14/h8-11,13H,2-7,12H2,1H3,(H,21,22). The second-order valence-corrected chi connectivity index (χ2v) is 5.84. The second-order valence-electron chi connectivity index (χ2n) is 5.41. The minimum atomic E-state index is -1.00. The average molecular weight is 323 g/mol. The number of unbranched alkanes of at least 4 members (excludes halogenated alkanes) is 4. The van der Waals surface area contributed by atoms with E-state index < -0.39 is 5.97 Å². The van der Waals surface area contributed by atoms with Gasteiger partial charge in [-0.15, -0.1) is 0 Å². The normalized spacial score (nSPS) is 11.5. The van der Waals surface area contributed by atoms with E-state index in [1.54, 1.807) is 24.3 Å². The van der Waals surface area contributed by atoms with Crippen LogP contribution >= 0.6 is 11.6 Å². The SMILES string of the molecule is CCCCCCCC(=CC(=O)Cc1ccc(Cl)cc1)C(=O)O. The third-order valence-corrected chi connectivity index (χ3v) is 3.70. The maximum atomic E-state index is 12.0. The van der Waals surface area contributed by atoms with Crippen molar-refractivity contribution >= 4 is 23.4 Å². The van der Waals surface area contributed by atoms with E-state index in [4.69, 9.17) is 11.6 Å². The molecule has 4 heteroatoms. The lowest BCUT2D eigenvalue weighted by Gasteiger charge is -2.03. The number of aliphatic carboxylic acids is 1. The number of rotatable bonds is 10. The van der Waals surface area contributed by atoms with E-state index in [-0.39, 0.29) is 17.8 Å². The predicted octanol–water partition coefficient (Wildman–Crippen LogP) is 4.82. The maximum Gasteiger partial charge on any atom is 0.331 e. The molecule has 0 radical (unpaired) electrons. The van der Waals surface area contributed by atoms with Gasteiger partial charge in [-0.25, -0.2) is 4.79 Å². The molecule has 0 saturated heterocycles. The number of carbonyl (C=O) groups is 2. The zero-order valence-electron chi connectivity index (χ0n) is 13.0. The van der Waals surface area contributed by atoms with Crippen LogP contribution in [0.1, 0.15) is 51.0 Å². The van der Waals surface area contributed by atoms with Crippen LogP contribution in [0.2, 0.25) is 5.02 Å². The van der Waals surface area contributed by atoms with Gasteiger partial charge in [0.05, 0.1) is 0 Å². The van der Waals surface area contributed by atoms with Crippen molar-refractivity contribution in [3.05, 3.63) is 46.5 Å². The van der Waals surface area contributed by atoms with Crippen LogP contribution < -0.4 is 0 Å². The summed E-state index contributed by atoms with van der Waals surface area (Å²) in [5.41, 5.74) is 1.04. The fraction of sp³-hybridized carbons (Fsp3) is 0.444. The Labute approximate surface area is 137 Å². The summed E-state index contributed by atoms with van der Waals surface area (Å²) in [5.74, 6) is -1.19. The van der Waals surface area contributed by atoms with Gasteiger partial charge in [0, 0.05) is 17.0 Å². The van der Waals surface area contributed by atoms with E-state index in [0.717, 1.165) is 31.2 Å². The van der Waals surface area contributed by atoms with Gasteiger partial charge < -0.3 is 5.11 Å². The molecule has 0 fully saturated rings. The molecule has 3 nitrogen and oxygen atoms in total. The topological polar surface area (TPSA) is 54.4 Å². The molecule has 0 saturated carbocycles. The number of halogens is 1. The Balaban J connectivity index is 2.54. The average Bonchev–Trinajstić information content (AvgIpc) is 2.48. The Kier molecular flexibility index (Phi) is 8.53. The molecule has 0 heterocycles. The van der Waals surface area contributed by atoms with Crippen molar-refractivity contribution in [1.29, 1.82) is 0 Å². The monoisotopic (exact) mass is 322 g/mol. The first kappa shape index (κ1) is 18.4. The van der Waals surface area contributed by atoms with Crippen molar-refractivity contribution in [2.75, 3.05) is 0 Å². The summed E-state index contributed by atoms with van der Waals surface area (Å²) in [6.07, 6.45) is 7.17. The zero-order chi connectivity index (χ0) is 16.4. The Bertz CT molecular complexity index is 518. The number of carboxylic acid groups (broad SMARTS) is 1. The molecule has 0 atom stereocenters. The molecule has 1 N–H and O–H groups in total. The highest BCUT2D eigenvalue weighted by molar-refractivity contribution is 6.30. The molecule has 0 spiro atoms. The van der Waals surface area contributed by atoms with Gasteiger partial charge in [-0.1, -0.05) is 56.3 Å². The molecular formula is C18H23ClO3. The van der Waals surface area contributed by atoms with E-state index in [1.807, 2.05) is 0 Å². The minimum absolute atomic E-state index is 0.187. The van der Waals surface area contributed by atoms with Gasteiger partial charge in [0.25, 0.3) is 0 Å². The van der Waals surface area contributed by atoms with Gasteiger partial charge >= 0.3 is 5.97 Å². The van der Waals surface area contributed by atoms with Gasteiger partial charge in [-0.2, -0.15) is 0 Å². The molecule has 0 aromatic heterocycles. The molecule has 0 bridgehead atoms. The van der Waals surface area contributed by atoms with Crippen LogP contribution in [-0.4, -0.2) is 16.9 Å². The lowest BCUT2D eigenvalue weighted by molar-refractivity contribution is -0.133. The maximum absolute atomic E-state index is 12.0. The molecule has 0 aliphatic heterocycles. The van der Waals surface area contributed by atoms with Crippen LogP contribution in [0.3, 0.4) is 0 Å². The van der Waals surface area contributed by atoms with Crippen LogP contribution in [0, 0.1) is 0 Å². The molecule has 0 aliphatic rings. The minimum Gasteiger partial charge on any atom is -0.478 e. The number of carbonyl (C=O) groups excluding carboxylic acids is 1. The third-order valence-electron chi connectivity index (χ3n) is 3.45. The molecular weight excluding hydrogens is 300 g/mol. The number of carboxylic acids is 1. The largest absolute Gasteiger partial charge is 0.478 e. The number of allylic oxidation sites excluding steroid dienone is 1. The number of ketones is 1. The first-order chi connectivity index (χ1) is 10.5. The van der Waals surface area contributed by atoms with E-state index in [0.29, 0.717) is 11.4 Å². The van der Waals surface area contributed by atoms with Crippen molar-refractivity contribution in [1.82, 2.24) is 0 Å². The first-order valence-electron chi connectivity index (χ1n) is 7.74. The lowest BCUT2D eigenvalue weighted by Crippen LogP contribution is -2.06. The van der Waals surface area contributed by atoms with Gasteiger partial charge in [0.15, 0.2) is 5.78 Å². The van der Waals surface area contributed by atoms with Gasteiger partial charge in [-0.3, -0.25) is 4.79 Å². The van der Waals surface area contributed by atoms with E-state index in [9.17, 15) is 14.7 Å². The van der Waals surface area contributed by atoms with Crippen molar-refractivity contribution in [2.24, 2.45) is 0 Å². The third kappa shape index (κ3) is 7.41. The van der Waals surface area contributed by atoms with E-state index in [2.05, 4.69) is 6.92 Å². The van der Waals surface area contributed by atoms with Crippen LogP contribution in [0.5, 0.6) is 0 Å². The highest BCUT2D eigenvalue weighted by atomic mass is 35.5. The van der Waals surface area contributed by atoms with Crippen LogP contribution in [0.4, 0.5) is 0 Å².